The Balaban J connectivity index is 1.41. The average Bonchev–Trinajstić information content (AvgIpc) is 3.37. The van der Waals surface area contributed by atoms with Crippen molar-refractivity contribution in [1.82, 2.24) is 10.1 Å². The third-order valence-corrected chi connectivity index (χ3v) is 5.07. The van der Waals surface area contributed by atoms with Gasteiger partial charge in [-0.25, -0.2) is 0 Å². The average molecular weight is 368 g/mol. The monoisotopic (exact) mass is 368 g/mol. The van der Waals surface area contributed by atoms with Gasteiger partial charge in [-0.1, -0.05) is 53.7 Å². The van der Waals surface area contributed by atoms with Gasteiger partial charge in [-0.15, -0.1) is 0 Å². The van der Waals surface area contributed by atoms with Crippen LogP contribution in [0.2, 0.25) is 0 Å². The molecule has 1 aliphatic rings. The van der Waals surface area contributed by atoms with Crippen molar-refractivity contribution in [2.45, 2.75) is 13.5 Å². The van der Waals surface area contributed by atoms with E-state index >= 15 is 0 Å². The summed E-state index contributed by atoms with van der Waals surface area (Å²) >= 11 is 0. The van der Waals surface area contributed by atoms with Crippen LogP contribution >= 0.6 is 0 Å². The second-order valence-electron chi connectivity index (χ2n) is 6.99. The molecule has 0 spiro atoms. The molecule has 0 unspecified atom stereocenters. The topological polar surface area (TPSA) is 54.2 Å². The minimum Gasteiger partial charge on any atom is -0.366 e. The molecule has 0 radical (unpaired) electrons. The second kappa shape index (κ2) is 6.85. The fourth-order valence-corrected chi connectivity index (χ4v) is 3.57. The summed E-state index contributed by atoms with van der Waals surface area (Å²) in [6.45, 7) is 3.70. The number of rotatable bonds is 4. The third kappa shape index (κ3) is 3.01. The maximum absolute atomic E-state index is 5.51. The highest BCUT2D eigenvalue weighted by molar-refractivity contribution is 5.80. The van der Waals surface area contributed by atoms with Crippen molar-refractivity contribution in [3.8, 4) is 22.8 Å². The Bertz CT molecular complexity index is 1120. The van der Waals surface area contributed by atoms with Gasteiger partial charge in [-0.3, -0.25) is 0 Å². The Morgan fingerprint density at radius 3 is 2.68 bits per heavy atom. The van der Waals surface area contributed by atoms with Gasteiger partial charge in [-0.2, -0.15) is 4.98 Å². The number of aryl methyl sites for hydroxylation is 1. The summed E-state index contributed by atoms with van der Waals surface area (Å²) in [5.41, 5.74) is 6.60. The van der Waals surface area contributed by atoms with Gasteiger partial charge in [0.25, 0.3) is 5.89 Å². The molecule has 4 aromatic rings. The Morgan fingerprint density at radius 1 is 1.00 bits per heavy atom. The molecule has 1 aromatic heterocycles. The number of hydrogen-bond donors (Lipinski definition) is 1. The van der Waals surface area contributed by atoms with E-state index in [-0.39, 0.29) is 0 Å². The van der Waals surface area contributed by atoms with E-state index in [1.54, 1.807) is 0 Å². The molecule has 138 valence electrons. The number of nitrogens with one attached hydrogen (secondary N) is 1. The van der Waals surface area contributed by atoms with Gasteiger partial charge in [0, 0.05) is 17.7 Å². The van der Waals surface area contributed by atoms with Gasteiger partial charge in [0.15, 0.2) is 0 Å². The molecule has 5 rings (SSSR count). The SMILES string of the molecule is Cc1ccccc1-c1nc(-c2ccc3c(c2)NCN3Cc2ccccc2)no1. The highest BCUT2D eigenvalue weighted by Crippen LogP contribution is 2.36. The zero-order valence-corrected chi connectivity index (χ0v) is 15.6. The van der Waals surface area contributed by atoms with Crippen LogP contribution in [0, 0.1) is 6.92 Å². The van der Waals surface area contributed by atoms with Crippen molar-refractivity contribution in [3.05, 3.63) is 83.9 Å². The molecule has 0 aliphatic carbocycles. The molecule has 1 N–H and O–H groups in total. The molecule has 0 fully saturated rings. The van der Waals surface area contributed by atoms with Crippen LogP contribution in [0.15, 0.2) is 77.3 Å². The van der Waals surface area contributed by atoms with Crippen LogP contribution in [-0.2, 0) is 6.54 Å². The summed E-state index contributed by atoms with van der Waals surface area (Å²) in [4.78, 5) is 6.93. The zero-order valence-electron chi connectivity index (χ0n) is 15.6. The molecular formula is C23H20N4O. The molecule has 0 bridgehead atoms. The summed E-state index contributed by atoms with van der Waals surface area (Å²) in [6, 6.07) is 24.8. The van der Waals surface area contributed by atoms with Crippen LogP contribution in [0.1, 0.15) is 11.1 Å². The Morgan fingerprint density at radius 2 is 1.82 bits per heavy atom. The molecule has 0 atom stereocenters. The van der Waals surface area contributed by atoms with Gasteiger partial charge < -0.3 is 14.7 Å². The molecule has 3 aromatic carbocycles. The van der Waals surface area contributed by atoms with E-state index < -0.39 is 0 Å². The molecule has 0 amide bonds. The van der Waals surface area contributed by atoms with Crippen molar-refractivity contribution in [2.24, 2.45) is 0 Å². The van der Waals surface area contributed by atoms with E-state index in [2.05, 4.69) is 62.8 Å². The van der Waals surface area contributed by atoms with Crippen molar-refractivity contribution < 1.29 is 4.52 Å². The Hall–Kier alpha value is -3.60. The summed E-state index contributed by atoms with van der Waals surface area (Å²) in [7, 11) is 0. The van der Waals surface area contributed by atoms with Gasteiger partial charge in [0.1, 0.15) is 0 Å². The number of benzene rings is 3. The van der Waals surface area contributed by atoms with E-state index in [1.165, 1.54) is 11.3 Å². The lowest BCUT2D eigenvalue weighted by molar-refractivity contribution is 0.432. The number of nitrogens with zero attached hydrogens (tertiary/aromatic N) is 3. The first kappa shape index (κ1) is 16.6. The van der Waals surface area contributed by atoms with Gasteiger partial charge >= 0.3 is 0 Å². The third-order valence-electron chi connectivity index (χ3n) is 5.07. The molecule has 0 saturated heterocycles. The normalized spacial score (nSPS) is 12.7. The van der Waals surface area contributed by atoms with E-state index in [0.717, 1.165) is 35.6 Å². The van der Waals surface area contributed by atoms with Crippen LogP contribution < -0.4 is 10.2 Å². The number of hydrogen-bond acceptors (Lipinski definition) is 5. The Kier molecular flexibility index (Phi) is 4.05. The fourth-order valence-electron chi connectivity index (χ4n) is 3.57. The summed E-state index contributed by atoms with van der Waals surface area (Å²) < 4.78 is 5.51. The van der Waals surface area contributed by atoms with Gasteiger partial charge in [-0.05, 0) is 42.3 Å². The van der Waals surface area contributed by atoms with E-state index in [4.69, 9.17) is 4.52 Å². The van der Waals surface area contributed by atoms with E-state index in [0.29, 0.717) is 11.7 Å². The quantitative estimate of drug-likeness (QED) is 0.543. The van der Waals surface area contributed by atoms with Crippen LogP contribution in [0.25, 0.3) is 22.8 Å². The molecule has 2 heterocycles. The first-order valence-corrected chi connectivity index (χ1v) is 9.35. The van der Waals surface area contributed by atoms with Crippen LogP contribution in [-0.4, -0.2) is 16.8 Å². The first-order valence-electron chi connectivity index (χ1n) is 9.35. The minimum atomic E-state index is 0.548. The standard InChI is InChI=1S/C23H20N4O/c1-16-7-5-6-10-19(16)23-25-22(26-28-23)18-11-12-21-20(13-18)24-15-27(21)14-17-8-3-2-4-9-17/h2-13,24H,14-15H2,1H3. The van der Waals surface area contributed by atoms with Crippen molar-refractivity contribution in [3.63, 3.8) is 0 Å². The van der Waals surface area contributed by atoms with Crippen LogP contribution in [0.3, 0.4) is 0 Å². The summed E-state index contributed by atoms with van der Waals surface area (Å²) in [5.74, 6) is 1.15. The second-order valence-corrected chi connectivity index (χ2v) is 6.99. The largest absolute Gasteiger partial charge is 0.366 e. The molecule has 28 heavy (non-hydrogen) atoms. The molecule has 0 saturated carbocycles. The lowest BCUT2D eigenvalue weighted by Gasteiger charge is -2.18. The molecule has 5 heteroatoms. The first-order chi connectivity index (χ1) is 13.8. The predicted octanol–water partition coefficient (Wildman–Crippen LogP) is 5.10. The van der Waals surface area contributed by atoms with Crippen LogP contribution in [0.5, 0.6) is 0 Å². The number of anilines is 2. The molecule has 1 aliphatic heterocycles. The number of aromatic nitrogens is 2. The lowest BCUT2D eigenvalue weighted by Crippen LogP contribution is -2.21. The summed E-state index contributed by atoms with van der Waals surface area (Å²) in [5, 5.41) is 7.66. The minimum absolute atomic E-state index is 0.548. The fraction of sp³-hybridized carbons (Fsp3) is 0.130. The molecule has 5 nitrogen and oxygen atoms in total. The van der Waals surface area contributed by atoms with Crippen molar-refractivity contribution in [2.75, 3.05) is 16.9 Å². The highest BCUT2D eigenvalue weighted by atomic mass is 16.5. The van der Waals surface area contributed by atoms with Crippen molar-refractivity contribution in [1.29, 1.82) is 0 Å². The lowest BCUT2D eigenvalue weighted by atomic mass is 10.1. The van der Waals surface area contributed by atoms with E-state index in [9.17, 15) is 0 Å². The summed E-state index contributed by atoms with van der Waals surface area (Å²) in [6.07, 6.45) is 0. The maximum atomic E-state index is 5.51. The van der Waals surface area contributed by atoms with E-state index in [1.807, 2.05) is 37.3 Å². The number of fused-ring (bicyclic) bond motifs is 1. The smallest absolute Gasteiger partial charge is 0.258 e. The van der Waals surface area contributed by atoms with Gasteiger partial charge in [0.05, 0.1) is 18.0 Å². The highest BCUT2D eigenvalue weighted by Gasteiger charge is 2.20. The van der Waals surface area contributed by atoms with Crippen molar-refractivity contribution >= 4 is 11.4 Å². The van der Waals surface area contributed by atoms with Crippen LogP contribution in [0.4, 0.5) is 11.4 Å². The van der Waals surface area contributed by atoms with Gasteiger partial charge in [0.2, 0.25) is 5.82 Å². The Labute approximate surface area is 163 Å². The maximum Gasteiger partial charge on any atom is 0.258 e. The molecular weight excluding hydrogens is 348 g/mol. The predicted molar refractivity (Wildman–Crippen MR) is 111 cm³/mol. The zero-order chi connectivity index (χ0) is 18.9.